The SMILES string of the molecule is COc1ccc(S(=O)(=O)c2cc(C)c(-c3csc(N)n3)c(C)c2)cc1.COc1ccc(S(=O)(=O)c2cc(C)c(-c3csc(N)n3)c(C)c2)cc1. The smallest absolute Gasteiger partial charge is 0.206 e. The van der Waals surface area contributed by atoms with Gasteiger partial charge in [0.15, 0.2) is 10.3 Å². The first-order chi connectivity index (χ1) is 23.6. The molecule has 0 aliphatic carbocycles. The first-order valence-electron chi connectivity index (χ1n) is 15.1. The molecule has 0 aliphatic heterocycles. The van der Waals surface area contributed by atoms with Crippen LogP contribution in [0.25, 0.3) is 22.5 Å². The number of rotatable bonds is 8. The van der Waals surface area contributed by atoms with Gasteiger partial charge in [-0.3, -0.25) is 0 Å². The predicted molar refractivity (Wildman–Crippen MR) is 200 cm³/mol. The summed E-state index contributed by atoms with van der Waals surface area (Å²) in [5.41, 5.74) is 18.2. The Bertz CT molecular complexity index is 2170. The van der Waals surface area contributed by atoms with Crippen LogP contribution in [0.15, 0.2) is 103 Å². The molecular formula is C36H36N4O6S4. The lowest BCUT2D eigenvalue weighted by atomic mass is 10.0. The van der Waals surface area contributed by atoms with Gasteiger partial charge in [-0.05, 0) is 123 Å². The van der Waals surface area contributed by atoms with Crippen molar-refractivity contribution in [1.29, 1.82) is 0 Å². The summed E-state index contributed by atoms with van der Waals surface area (Å²) >= 11 is 2.73. The molecule has 2 aromatic heterocycles. The molecule has 6 rings (SSSR count). The predicted octanol–water partition coefficient (Wildman–Crippen LogP) is 7.70. The zero-order valence-corrected chi connectivity index (χ0v) is 31.5. The van der Waals surface area contributed by atoms with Crippen LogP contribution in [0.1, 0.15) is 22.3 Å². The van der Waals surface area contributed by atoms with Crippen LogP contribution in [0.4, 0.5) is 10.3 Å². The summed E-state index contributed by atoms with van der Waals surface area (Å²) in [5, 5.41) is 4.73. The number of methoxy groups -OCH3 is 2. The molecule has 4 aromatic carbocycles. The van der Waals surface area contributed by atoms with Gasteiger partial charge in [0, 0.05) is 21.9 Å². The van der Waals surface area contributed by atoms with Crippen molar-refractivity contribution >= 4 is 52.6 Å². The van der Waals surface area contributed by atoms with Crippen molar-refractivity contribution in [3.63, 3.8) is 0 Å². The van der Waals surface area contributed by atoms with E-state index in [0.717, 1.165) is 44.8 Å². The summed E-state index contributed by atoms with van der Waals surface area (Å²) in [5.74, 6) is 1.23. The summed E-state index contributed by atoms with van der Waals surface area (Å²) in [4.78, 5) is 9.60. The maximum atomic E-state index is 12.9. The van der Waals surface area contributed by atoms with Gasteiger partial charge in [-0.25, -0.2) is 26.8 Å². The van der Waals surface area contributed by atoms with Crippen molar-refractivity contribution in [2.24, 2.45) is 0 Å². The van der Waals surface area contributed by atoms with Crippen molar-refractivity contribution in [1.82, 2.24) is 9.97 Å². The van der Waals surface area contributed by atoms with Crippen LogP contribution in [0, 0.1) is 27.7 Å². The molecule has 0 atom stereocenters. The molecular weight excluding hydrogens is 713 g/mol. The highest BCUT2D eigenvalue weighted by atomic mass is 32.2. The van der Waals surface area contributed by atoms with E-state index in [1.165, 1.54) is 22.7 Å². The van der Waals surface area contributed by atoms with E-state index in [4.69, 9.17) is 20.9 Å². The largest absolute Gasteiger partial charge is 0.497 e. The van der Waals surface area contributed by atoms with E-state index in [1.54, 1.807) is 87.0 Å². The molecule has 0 bridgehead atoms. The molecule has 6 aromatic rings. The number of nitrogens with zero attached hydrogens (tertiary/aromatic N) is 2. The first-order valence-corrected chi connectivity index (χ1v) is 19.8. The first kappa shape index (κ1) is 36.5. The van der Waals surface area contributed by atoms with Crippen molar-refractivity contribution in [3.05, 3.63) is 106 Å². The van der Waals surface area contributed by atoms with Gasteiger partial charge in [0.1, 0.15) is 11.5 Å². The van der Waals surface area contributed by atoms with Crippen molar-refractivity contribution in [3.8, 4) is 34.0 Å². The van der Waals surface area contributed by atoms with Gasteiger partial charge in [-0.1, -0.05) is 0 Å². The summed E-state index contributed by atoms with van der Waals surface area (Å²) < 4.78 is 61.8. The number of aromatic nitrogens is 2. The van der Waals surface area contributed by atoms with Gasteiger partial charge in [-0.15, -0.1) is 22.7 Å². The third-order valence-corrected chi connectivity index (χ3v) is 12.8. The molecule has 0 saturated carbocycles. The highest BCUT2D eigenvalue weighted by Crippen LogP contribution is 2.35. The van der Waals surface area contributed by atoms with Gasteiger partial charge in [-0.2, -0.15) is 0 Å². The molecule has 10 nitrogen and oxygen atoms in total. The minimum absolute atomic E-state index is 0.234. The second-order valence-electron chi connectivity index (χ2n) is 11.4. The normalized spacial score (nSPS) is 11.5. The van der Waals surface area contributed by atoms with Crippen LogP contribution in [0.3, 0.4) is 0 Å². The van der Waals surface area contributed by atoms with E-state index in [-0.39, 0.29) is 19.6 Å². The molecule has 14 heteroatoms. The summed E-state index contributed by atoms with van der Waals surface area (Å²) in [6, 6.07) is 19.5. The fourth-order valence-corrected chi connectivity index (χ4v) is 9.52. The van der Waals surface area contributed by atoms with Crippen LogP contribution >= 0.6 is 22.7 Å². The molecule has 50 heavy (non-hydrogen) atoms. The molecule has 0 radical (unpaired) electrons. The highest BCUT2D eigenvalue weighted by molar-refractivity contribution is 7.91. The fourth-order valence-electron chi connectivity index (χ4n) is 5.55. The topological polar surface area (TPSA) is 165 Å². The lowest BCUT2D eigenvalue weighted by Gasteiger charge is -2.12. The lowest BCUT2D eigenvalue weighted by Crippen LogP contribution is -2.04. The zero-order chi connectivity index (χ0) is 36.4. The third kappa shape index (κ3) is 7.53. The lowest BCUT2D eigenvalue weighted by molar-refractivity contribution is 0.414. The highest BCUT2D eigenvalue weighted by Gasteiger charge is 2.22. The number of nitrogen functional groups attached to an aromatic ring is 2. The Morgan fingerprint density at radius 2 is 0.820 bits per heavy atom. The van der Waals surface area contributed by atoms with Crippen molar-refractivity contribution in [2.45, 2.75) is 47.3 Å². The van der Waals surface area contributed by atoms with Crippen molar-refractivity contribution in [2.75, 3.05) is 25.7 Å². The minimum Gasteiger partial charge on any atom is -0.497 e. The van der Waals surface area contributed by atoms with Crippen LogP contribution < -0.4 is 20.9 Å². The third-order valence-electron chi connectivity index (χ3n) is 7.93. The quantitative estimate of drug-likeness (QED) is 0.158. The number of hydrogen-bond donors (Lipinski definition) is 2. The van der Waals surface area contributed by atoms with Crippen LogP contribution in [-0.2, 0) is 19.7 Å². The number of benzene rings is 4. The molecule has 0 aliphatic rings. The van der Waals surface area contributed by atoms with Gasteiger partial charge < -0.3 is 20.9 Å². The average molecular weight is 749 g/mol. The Hall–Kier alpha value is -4.76. The Balaban J connectivity index is 0.000000194. The average Bonchev–Trinajstić information content (AvgIpc) is 3.71. The second-order valence-corrected chi connectivity index (χ2v) is 17.0. The number of hydrogen-bond acceptors (Lipinski definition) is 12. The summed E-state index contributed by atoms with van der Waals surface area (Å²) in [6.07, 6.45) is 0. The maximum absolute atomic E-state index is 12.9. The number of anilines is 2. The molecule has 2 heterocycles. The van der Waals surface area contributed by atoms with Crippen LogP contribution in [0.2, 0.25) is 0 Å². The number of sulfone groups is 2. The van der Waals surface area contributed by atoms with Gasteiger partial charge in [0.05, 0.1) is 45.2 Å². The van der Waals surface area contributed by atoms with Crippen molar-refractivity contribution < 1.29 is 26.3 Å². The Morgan fingerprint density at radius 1 is 0.520 bits per heavy atom. The molecule has 0 saturated heterocycles. The monoisotopic (exact) mass is 748 g/mol. The molecule has 4 N–H and O–H groups in total. The molecule has 260 valence electrons. The zero-order valence-electron chi connectivity index (χ0n) is 28.2. The molecule has 0 amide bonds. The van der Waals surface area contributed by atoms with E-state index in [2.05, 4.69) is 9.97 Å². The van der Waals surface area contributed by atoms with E-state index in [1.807, 2.05) is 38.5 Å². The Kier molecular flexibility index (Phi) is 10.7. The number of nitrogens with two attached hydrogens (primary N) is 2. The van der Waals surface area contributed by atoms with Gasteiger partial charge in [0.25, 0.3) is 0 Å². The van der Waals surface area contributed by atoms with Gasteiger partial charge >= 0.3 is 0 Å². The molecule has 0 fully saturated rings. The van der Waals surface area contributed by atoms with E-state index in [9.17, 15) is 16.8 Å². The molecule has 0 unspecified atom stereocenters. The van der Waals surface area contributed by atoms with E-state index >= 15 is 0 Å². The minimum atomic E-state index is -3.60. The van der Waals surface area contributed by atoms with Crippen LogP contribution in [0.5, 0.6) is 11.5 Å². The van der Waals surface area contributed by atoms with Gasteiger partial charge in [0.2, 0.25) is 19.7 Å². The van der Waals surface area contributed by atoms with Crippen LogP contribution in [-0.4, -0.2) is 41.0 Å². The summed E-state index contributed by atoms with van der Waals surface area (Å²) in [7, 11) is -4.12. The maximum Gasteiger partial charge on any atom is 0.206 e. The molecule has 0 spiro atoms. The Morgan fingerprint density at radius 3 is 1.06 bits per heavy atom. The van der Waals surface area contributed by atoms with E-state index in [0.29, 0.717) is 21.8 Å². The van der Waals surface area contributed by atoms with E-state index < -0.39 is 19.7 Å². The number of thiazole rings is 2. The summed E-state index contributed by atoms with van der Waals surface area (Å²) in [6.45, 7) is 7.52. The Labute approximate surface area is 300 Å². The second kappa shape index (κ2) is 14.6. The number of aryl methyl sites for hydroxylation is 4. The number of ether oxygens (including phenoxy) is 2. The standard InChI is InChI=1S/2C18H18N2O3S2/c2*1-11-8-15(9-12(2)17(11)16-10-24-18(19)20-16)25(21,22)14-6-4-13(23-3)5-7-14/h2*4-10H,1-3H3,(H2,19,20). The fraction of sp³-hybridized carbons (Fsp3) is 0.167.